The Balaban J connectivity index is 1.63. The van der Waals surface area contributed by atoms with Crippen LogP contribution in [0.4, 0.5) is 0 Å². The molecule has 0 saturated carbocycles. The second kappa shape index (κ2) is 6.01. The average Bonchev–Trinajstić information content (AvgIpc) is 2.74. The number of likely N-dealkylation sites (tertiary alicyclic amines) is 1. The first-order valence-corrected chi connectivity index (χ1v) is 7.13. The molecule has 2 heterocycles. The van der Waals surface area contributed by atoms with Gasteiger partial charge in [0.25, 0.3) is 0 Å². The van der Waals surface area contributed by atoms with Crippen LogP contribution < -0.4 is 5.32 Å². The summed E-state index contributed by atoms with van der Waals surface area (Å²) in [6.07, 6.45) is 6.68. The van der Waals surface area contributed by atoms with Gasteiger partial charge in [-0.25, -0.2) is 0 Å². The zero-order valence-electron chi connectivity index (χ0n) is 11.6. The fourth-order valence-corrected chi connectivity index (χ4v) is 2.93. The number of nitrogens with zero attached hydrogens (tertiary/aromatic N) is 2. The SMILES string of the molecule is CNC(C)(C#N)CCCCN1CC2CCC(C1)O2. The van der Waals surface area contributed by atoms with E-state index in [-0.39, 0.29) is 5.54 Å². The highest BCUT2D eigenvalue weighted by atomic mass is 16.5. The first kappa shape index (κ1) is 13.8. The molecule has 1 N–H and O–H groups in total. The van der Waals surface area contributed by atoms with Gasteiger partial charge in [-0.05, 0) is 52.6 Å². The third-order valence-corrected chi connectivity index (χ3v) is 4.32. The molecular formula is C14H25N3O. The normalized spacial score (nSPS) is 30.9. The molecule has 18 heavy (non-hydrogen) atoms. The van der Waals surface area contributed by atoms with Gasteiger partial charge in [-0.3, -0.25) is 4.90 Å². The summed E-state index contributed by atoms with van der Waals surface area (Å²) in [6.45, 7) is 5.35. The van der Waals surface area contributed by atoms with E-state index >= 15 is 0 Å². The van der Waals surface area contributed by atoms with Gasteiger partial charge < -0.3 is 10.1 Å². The van der Waals surface area contributed by atoms with Gasteiger partial charge in [0, 0.05) is 13.1 Å². The van der Waals surface area contributed by atoms with Crippen molar-refractivity contribution in [3.05, 3.63) is 0 Å². The van der Waals surface area contributed by atoms with Crippen molar-refractivity contribution < 1.29 is 4.74 Å². The molecule has 2 aliphatic heterocycles. The first-order valence-electron chi connectivity index (χ1n) is 7.13. The van der Waals surface area contributed by atoms with E-state index < -0.39 is 0 Å². The van der Waals surface area contributed by atoms with Crippen molar-refractivity contribution in [2.75, 3.05) is 26.7 Å². The quantitative estimate of drug-likeness (QED) is 0.727. The van der Waals surface area contributed by atoms with Crippen molar-refractivity contribution in [1.29, 1.82) is 5.26 Å². The van der Waals surface area contributed by atoms with Crippen molar-refractivity contribution in [1.82, 2.24) is 10.2 Å². The molecule has 2 fully saturated rings. The van der Waals surface area contributed by atoms with Gasteiger partial charge in [-0.1, -0.05) is 0 Å². The maximum Gasteiger partial charge on any atom is 0.103 e. The van der Waals surface area contributed by atoms with Crippen molar-refractivity contribution >= 4 is 0 Å². The highest BCUT2D eigenvalue weighted by Crippen LogP contribution is 2.26. The lowest BCUT2D eigenvalue weighted by molar-refractivity contribution is -0.0386. The molecule has 2 bridgehead atoms. The Bertz CT molecular complexity index is 303. The van der Waals surface area contributed by atoms with E-state index in [0.717, 1.165) is 32.5 Å². The Kier molecular flexibility index (Phi) is 4.60. The number of nitriles is 1. The van der Waals surface area contributed by atoms with Crippen molar-refractivity contribution in [2.45, 2.75) is 56.8 Å². The number of rotatable bonds is 6. The number of fused-ring (bicyclic) bond motifs is 2. The van der Waals surface area contributed by atoms with E-state index in [4.69, 9.17) is 10.00 Å². The molecule has 4 nitrogen and oxygen atoms in total. The van der Waals surface area contributed by atoms with Crippen LogP contribution in [0.1, 0.15) is 39.0 Å². The van der Waals surface area contributed by atoms with Crippen molar-refractivity contribution in [3.63, 3.8) is 0 Å². The van der Waals surface area contributed by atoms with Crippen LogP contribution in [0.25, 0.3) is 0 Å². The van der Waals surface area contributed by atoms with E-state index in [1.807, 2.05) is 14.0 Å². The van der Waals surface area contributed by atoms with Crippen LogP contribution in [-0.2, 0) is 4.74 Å². The second-order valence-corrected chi connectivity index (χ2v) is 5.87. The summed E-state index contributed by atoms with van der Waals surface area (Å²) in [5, 5.41) is 12.2. The molecule has 102 valence electrons. The van der Waals surface area contributed by atoms with E-state index in [2.05, 4.69) is 16.3 Å². The van der Waals surface area contributed by atoms with Crippen LogP contribution in [-0.4, -0.2) is 49.3 Å². The third-order valence-electron chi connectivity index (χ3n) is 4.32. The molecule has 3 unspecified atom stereocenters. The highest BCUT2D eigenvalue weighted by molar-refractivity contribution is 5.02. The highest BCUT2D eigenvalue weighted by Gasteiger charge is 2.33. The minimum atomic E-state index is -0.357. The topological polar surface area (TPSA) is 48.3 Å². The van der Waals surface area contributed by atoms with Gasteiger partial charge in [0.2, 0.25) is 0 Å². The van der Waals surface area contributed by atoms with Gasteiger partial charge in [-0.2, -0.15) is 5.26 Å². The van der Waals surface area contributed by atoms with Gasteiger partial charge in [0.1, 0.15) is 5.54 Å². The maximum atomic E-state index is 9.07. The molecule has 3 atom stereocenters. The Morgan fingerprint density at radius 1 is 1.33 bits per heavy atom. The molecular weight excluding hydrogens is 226 g/mol. The first-order chi connectivity index (χ1) is 8.65. The van der Waals surface area contributed by atoms with Gasteiger partial charge in [0.15, 0.2) is 0 Å². The molecule has 0 aromatic heterocycles. The summed E-state index contributed by atoms with van der Waals surface area (Å²) in [7, 11) is 1.86. The molecule has 2 saturated heterocycles. The fraction of sp³-hybridized carbons (Fsp3) is 0.929. The molecule has 2 rings (SSSR count). The number of ether oxygens (including phenoxy) is 1. The summed E-state index contributed by atoms with van der Waals surface area (Å²) in [6, 6.07) is 2.35. The largest absolute Gasteiger partial charge is 0.372 e. The standard InChI is InChI=1S/C14H25N3O/c1-14(11-15,16-2)7-3-4-8-17-9-12-5-6-13(10-17)18-12/h12-13,16H,3-10H2,1-2H3. The molecule has 0 aromatic carbocycles. The van der Waals surface area contributed by atoms with Crippen LogP contribution in [0.5, 0.6) is 0 Å². The maximum absolute atomic E-state index is 9.07. The van der Waals surface area contributed by atoms with Crippen LogP contribution in [0.2, 0.25) is 0 Å². The lowest BCUT2D eigenvalue weighted by Crippen LogP contribution is -2.43. The molecule has 2 aliphatic rings. The predicted octanol–water partition coefficient (Wildman–Crippen LogP) is 1.52. The van der Waals surface area contributed by atoms with Crippen LogP contribution in [0.3, 0.4) is 0 Å². The van der Waals surface area contributed by atoms with E-state index in [9.17, 15) is 0 Å². The molecule has 0 aliphatic carbocycles. The average molecular weight is 251 g/mol. The van der Waals surface area contributed by atoms with Crippen LogP contribution in [0.15, 0.2) is 0 Å². The Labute approximate surface area is 110 Å². The van der Waals surface area contributed by atoms with Crippen LogP contribution >= 0.6 is 0 Å². The van der Waals surface area contributed by atoms with Crippen LogP contribution in [0, 0.1) is 11.3 Å². The van der Waals surface area contributed by atoms with Gasteiger partial charge in [-0.15, -0.1) is 0 Å². The summed E-state index contributed by atoms with van der Waals surface area (Å²) in [5.74, 6) is 0. The van der Waals surface area contributed by atoms with Gasteiger partial charge >= 0.3 is 0 Å². The number of morpholine rings is 1. The summed E-state index contributed by atoms with van der Waals surface area (Å²) in [5.41, 5.74) is -0.357. The second-order valence-electron chi connectivity index (χ2n) is 5.87. The predicted molar refractivity (Wildman–Crippen MR) is 71.3 cm³/mol. The zero-order valence-corrected chi connectivity index (χ0v) is 11.6. The summed E-state index contributed by atoms with van der Waals surface area (Å²) in [4.78, 5) is 2.54. The monoisotopic (exact) mass is 251 g/mol. The number of hydrogen-bond donors (Lipinski definition) is 1. The Morgan fingerprint density at radius 3 is 2.56 bits per heavy atom. The van der Waals surface area contributed by atoms with E-state index in [1.54, 1.807) is 0 Å². The van der Waals surface area contributed by atoms with Crippen molar-refractivity contribution in [2.24, 2.45) is 0 Å². The molecule has 4 heteroatoms. The Morgan fingerprint density at radius 2 is 2.00 bits per heavy atom. The van der Waals surface area contributed by atoms with E-state index in [0.29, 0.717) is 12.2 Å². The lowest BCUT2D eigenvalue weighted by Gasteiger charge is -2.32. The Hall–Kier alpha value is -0.630. The molecule has 0 amide bonds. The fourth-order valence-electron chi connectivity index (χ4n) is 2.93. The molecule has 0 aromatic rings. The smallest absolute Gasteiger partial charge is 0.103 e. The third kappa shape index (κ3) is 3.44. The number of nitrogens with one attached hydrogen (secondary N) is 1. The molecule has 0 spiro atoms. The zero-order chi connectivity index (χ0) is 13.0. The van der Waals surface area contributed by atoms with Crippen molar-refractivity contribution in [3.8, 4) is 6.07 Å². The van der Waals surface area contributed by atoms with E-state index in [1.165, 1.54) is 19.3 Å². The number of unbranched alkanes of at least 4 members (excludes halogenated alkanes) is 1. The summed E-state index contributed by atoms with van der Waals surface area (Å²) >= 11 is 0. The minimum Gasteiger partial charge on any atom is -0.372 e. The number of hydrogen-bond acceptors (Lipinski definition) is 4. The molecule has 0 radical (unpaired) electrons. The minimum absolute atomic E-state index is 0.357. The van der Waals surface area contributed by atoms with Gasteiger partial charge in [0.05, 0.1) is 18.3 Å². The summed E-state index contributed by atoms with van der Waals surface area (Å²) < 4.78 is 5.83. The lowest BCUT2D eigenvalue weighted by atomic mass is 9.97.